The Morgan fingerprint density at radius 2 is 1.43 bits per heavy atom. The van der Waals surface area contributed by atoms with Gasteiger partial charge in [0.15, 0.2) is 17.3 Å². The van der Waals surface area contributed by atoms with Gasteiger partial charge in [0, 0.05) is 0 Å². The Balaban J connectivity index is 0.000000365. The van der Waals surface area contributed by atoms with Crippen LogP contribution in [0.4, 0.5) is 11.6 Å². The molecule has 0 saturated carbocycles. The van der Waals surface area contributed by atoms with E-state index in [-0.39, 0.29) is 0 Å². The molecule has 120 valence electrons. The molecular weight excluding hydrogens is 492 g/mol. The molecule has 0 aromatic carbocycles. The lowest BCUT2D eigenvalue weighted by molar-refractivity contribution is 1.14. The molecule has 0 unspecified atom stereocenters. The molecule has 0 saturated heterocycles. The Labute approximate surface area is 160 Å². The molecule has 0 fully saturated rings. The molecule has 9 heteroatoms. The largest absolute Gasteiger partial charge is 0.381 e. The maximum atomic E-state index is 5.48. The molecule has 2 rings (SSSR count). The van der Waals surface area contributed by atoms with E-state index in [1.54, 1.807) is 20.0 Å². The van der Waals surface area contributed by atoms with Gasteiger partial charge in [0.25, 0.3) is 0 Å². The van der Waals surface area contributed by atoms with Crippen LogP contribution in [0.3, 0.4) is 0 Å². The second-order valence-electron chi connectivity index (χ2n) is 3.46. The molecule has 0 bridgehead atoms. The fraction of sp³-hybridized carbons (Fsp3) is 0.143. The number of nitrogen functional groups attached to an aromatic ring is 2. The molecule has 2 aromatic rings. The van der Waals surface area contributed by atoms with Crippen LogP contribution in [0.25, 0.3) is 0 Å². The van der Waals surface area contributed by atoms with Crippen molar-refractivity contribution in [2.45, 2.75) is 13.8 Å². The molecule has 0 aliphatic carbocycles. The Morgan fingerprint density at radius 1 is 0.957 bits per heavy atom. The summed E-state index contributed by atoms with van der Waals surface area (Å²) in [4.78, 5) is 15.6. The Kier molecular flexibility index (Phi) is 11.0. The van der Waals surface area contributed by atoms with Crippen molar-refractivity contribution >= 4 is 59.4 Å². The predicted octanol–water partition coefficient (Wildman–Crippen LogP) is 3.42. The summed E-state index contributed by atoms with van der Waals surface area (Å²) in [6.45, 7) is 3.38. The highest BCUT2D eigenvalue weighted by Crippen LogP contribution is 2.15. The summed E-state index contributed by atoms with van der Waals surface area (Å²) >= 11 is 9.42. The molecule has 0 spiro atoms. The number of nitrogens with two attached hydrogens (primary N) is 2. The molecule has 0 aliphatic heterocycles. The van der Waals surface area contributed by atoms with E-state index in [0.717, 1.165) is 0 Å². The van der Waals surface area contributed by atoms with Crippen molar-refractivity contribution in [2.75, 3.05) is 11.5 Å². The lowest BCUT2D eigenvalue weighted by Crippen LogP contribution is -1.97. The van der Waals surface area contributed by atoms with E-state index < -0.39 is 0 Å². The quantitative estimate of drug-likeness (QED) is 0.533. The maximum absolute atomic E-state index is 5.48. The highest BCUT2D eigenvalue weighted by molar-refractivity contribution is 9.11. The van der Waals surface area contributed by atoms with E-state index in [9.17, 15) is 0 Å². The smallest absolute Gasteiger partial charge is 0.158 e. The van der Waals surface area contributed by atoms with Gasteiger partial charge in [0.2, 0.25) is 0 Å². The summed E-state index contributed by atoms with van der Waals surface area (Å²) in [6.07, 6.45) is 7.68. The Hall–Kier alpha value is -1.68. The van der Waals surface area contributed by atoms with E-state index >= 15 is 0 Å². The van der Waals surface area contributed by atoms with Crippen molar-refractivity contribution in [3.63, 3.8) is 0 Å². The minimum atomic E-state index is 0.363. The summed E-state index contributed by atoms with van der Waals surface area (Å²) in [6, 6.07) is 0. The van der Waals surface area contributed by atoms with Gasteiger partial charge in [-0.25, -0.2) is 19.9 Å². The van der Waals surface area contributed by atoms with Crippen molar-refractivity contribution < 1.29 is 0 Å². The molecule has 0 radical (unpaired) electrons. The van der Waals surface area contributed by atoms with Crippen LogP contribution >= 0.6 is 47.8 Å². The minimum absolute atomic E-state index is 0.363. The van der Waals surface area contributed by atoms with Crippen molar-refractivity contribution in [3.05, 3.63) is 31.9 Å². The SMILES string of the molecule is C#CC.CC#Cc1nc(Br)cnc1N.Nc1ncc(Br)nc1Br. The van der Waals surface area contributed by atoms with Crippen molar-refractivity contribution in [1.29, 1.82) is 0 Å². The van der Waals surface area contributed by atoms with Crippen LogP contribution in [-0.2, 0) is 0 Å². The number of aromatic nitrogens is 4. The zero-order valence-corrected chi connectivity index (χ0v) is 17.1. The van der Waals surface area contributed by atoms with Crippen LogP contribution in [0, 0.1) is 24.2 Å². The van der Waals surface area contributed by atoms with Gasteiger partial charge in [-0.3, -0.25) is 0 Å². The molecule has 0 amide bonds. The van der Waals surface area contributed by atoms with Gasteiger partial charge in [-0.05, 0) is 67.6 Å². The minimum Gasteiger partial charge on any atom is -0.381 e. The molecule has 0 aliphatic rings. The van der Waals surface area contributed by atoms with Crippen molar-refractivity contribution in [2.24, 2.45) is 0 Å². The second-order valence-corrected chi connectivity index (χ2v) is 5.84. The third-order valence-electron chi connectivity index (χ3n) is 1.74. The molecular formula is C14H13Br3N6. The Morgan fingerprint density at radius 3 is 1.87 bits per heavy atom. The first-order valence-corrected chi connectivity index (χ1v) is 8.25. The van der Waals surface area contributed by atoms with Gasteiger partial charge >= 0.3 is 0 Å². The first-order valence-electron chi connectivity index (χ1n) is 5.87. The van der Waals surface area contributed by atoms with Crippen LogP contribution < -0.4 is 11.5 Å². The van der Waals surface area contributed by atoms with Crippen LogP contribution in [-0.4, -0.2) is 19.9 Å². The average Bonchev–Trinajstić information content (AvgIpc) is 2.49. The standard InChI is InChI=1S/C7H6BrN3.C4H3Br2N3.C3H4/c1-2-3-5-7(9)10-4-6(8)11-5;5-2-1-8-4(7)3(6)9-2;1-3-2/h4H,1H3,(H2,9,10);1H,(H2,7,8);1H,2H3. The van der Waals surface area contributed by atoms with E-state index in [2.05, 4.69) is 91.9 Å². The highest BCUT2D eigenvalue weighted by Gasteiger charge is 1.98. The number of terminal acetylenes is 1. The number of nitrogens with zero attached hydrogens (tertiary/aromatic N) is 4. The van der Waals surface area contributed by atoms with E-state index in [0.29, 0.717) is 31.1 Å². The van der Waals surface area contributed by atoms with Gasteiger partial charge in [-0.1, -0.05) is 5.92 Å². The molecule has 2 heterocycles. The summed E-state index contributed by atoms with van der Waals surface area (Å²) in [5.41, 5.74) is 11.3. The number of halogens is 3. The van der Waals surface area contributed by atoms with Crippen molar-refractivity contribution in [1.82, 2.24) is 19.9 Å². The molecule has 23 heavy (non-hydrogen) atoms. The third kappa shape index (κ3) is 9.14. The summed E-state index contributed by atoms with van der Waals surface area (Å²) < 4.78 is 1.88. The molecule has 0 atom stereocenters. The zero-order valence-electron chi connectivity index (χ0n) is 12.3. The monoisotopic (exact) mass is 502 g/mol. The molecule has 2 aromatic heterocycles. The Bertz CT molecular complexity index is 746. The topological polar surface area (TPSA) is 104 Å². The number of hydrogen-bond donors (Lipinski definition) is 2. The van der Waals surface area contributed by atoms with Gasteiger partial charge in [0.1, 0.15) is 13.8 Å². The van der Waals surface area contributed by atoms with Crippen LogP contribution in [0.5, 0.6) is 0 Å². The van der Waals surface area contributed by atoms with Gasteiger partial charge in [-0.15, -0.1) is 12.3 Å². The lowest BCUT2D eigenvalue weighted by Gasteiger charge is -1.94. The molecule has 6 nitrogen and oxygen atoms in total. The first kappa shape index (κ1) is 21.3. The van der Waals surface area contributed by atoms with Gasteiger partial charge < -0.3 is 11.5 Å². The highest BCUT2D eigenvalue weighted by atomic mass is 79.9. The fourth-order valence-corrected chi connectivity index (χ4v) is 2.03. The first-order chi connectivity index (χ1) is 10.8. The number of anilines is 2. The molecule has 4 N–H and O–H groups in total. The lowest BCUT2D eigenvalue weighted by atomic mass is 10.4. The zero-order chi connectivity index (χ0) is 17.8. The second kappa shape index (κ2) is 11.8. The normalized spacial score (nSPS) is 8.17. The van der Waals surface area contributed by atoms with Gasteiger partial charge in [-0.2, -0.15) is 0 Å². The van der Waals surface area contributed by atoms with E-state index in [1.165, 1.54) is 6.20 Å². The van der Waals surface area contributed by atoms with Crippen LogP contribution in [0.2, 0.25) is 0 Å². The van der Waals surface area contributed by atoms with Gasteiger partial charge in [0.05, 0.1) is 12.4 Å². The third-order valence-corrected chi connectivity index (χ3v) is 3.09. The van der Waals surface area contributed by atoms with E-state index in [4.69, 9.17) is 11.5 Å². The number of hydrogen-bond acceptors (Lipinski definition) is 6. The summed E-state index contributed by atoms with van der Waals surface area (Å²) in [5, 5.41) is 0. The summed E-state index contributed by atoms with van der Waals surface area (Å²) in [7, 11) is 0. The van der Waals surface area contributed by atoms with Crippen LogP contribution in [0.1, 0.15) is 19.5 Å². The fourth-order valence-electron chi connectivity index (χ4n) is 0.943. The summed E-state index contributed by atoms with van der Waals surface area (Å²) in [5.74, 6) is 8.45. The predicted molar refractivity (Wildman–Crippen MR) is 103 cm³/mol. The average molecular weight is 505 g/mol. The van der Waals surface area contributed by atoms with Crippen molar-refractivity contribution in [3.8, 4) is 24.2 Å². The van der Waals surface area contributed by atoms with E-state index in [1.807, 2.05) is 0 Å². The van der Waals surface area contributed by atoms with Crippen LogP contribution in [0.15, 0.2) is 26.2 Å². The number of rotatable bonds is 0. The maximum Gasteiger partial charge on any atom is 0.158 e.